The van der Waals surface area contributed by atoms with Gasteiger partial charge in [0.05, 0.1) is 5.69 Å². The molecule has 1 aliphatic heterocycles. The number of hydrogen-bond donors (Lipinski definition) is 1. The van der Waals surface area contributed by atoms with E-state index in [1.807, 2.05) is 24.3 Å². The summed E-state index contributed by atoms with van der Waals surface area (Å²) in [5.41, 5.74) is 2.63. The average molecular weight is 314 g/mol. The first-order valence-electron chi connectivity index (χ1n) is 7.97. The molecule has 1 fully saturated rings. The van der Waals surface area contributed by atoms with Crippen molar-refractivity contribution >= 4 is 17.3 Å². The van der Waals surface area contributed by atoms with Crippen LogP contribution in [0.15, 0.2) is 34.9 Å². The Kier molecular flexibility index (Phi) is 4.62. The monoisotopic (exact) mass is 314 g/mol. The highest BCUT2D eigenvalue weighted by Crippen LogP contribution is 2.20. The van der Waals surface area contributed by atoms with Gasteiger partial charge in [-0.2, -0.15) is 0 Å². The number of nitrogens with one attached hydrogen (secondary N) is 1. The topological polar surface area (TPSA) is 61.6 Å². The van der Waals surface area contributed by atoms with Crippen LogP contribution in [0.1, 0.15) is 23.2 Å². The van der Waals surface area contributed by atoms with E-state index in [2.05, 4.69) is 27.2 Å². The second-order valence-corrected chi connectivity index (χ2v) is 5.75. The third kappa shape index (κ3) is 3.71. The standard InChI is InChI=1S/C17H22N4O2/c1-3-20-8-10-21(11-9-20)15-6-4-14(5-7-15)18-17(22)16-12-13(2)19-23-16/h4-7,12H,3,8-11H2,1-2H3,(H,18,22). The van der Waals surface area contributed by atoms with Gasteiger partial charge in [0.1, 0.15) is 0 Å². The molecule has 0 aliphatic carbocycles. The zero-order valence-corrected chi connectivity index (χ0v) is 13.6. The summed E-state index contributed by atoms with van der Waals surface area (Å²) in [6.45, 7) is 9.36. The number of carbonyl (C=O) groups excluding carboxylic acids is 1. The number of likely N-dealkylation sites (N-methyl/N-ethyl adjacent to an activating group) is 1. The van der Waals surface area contributed by atoms with E-state index in [-0.39, 0.29) is 11.7 Å². The zero-order chi connectivity index (χ0) is 16.2. The number of rotatable bonds is 4. The molecule has 1 aromatic carbocycles. The minimum absolute atomic E-state index is 0.224. The Morgan fingerprint density at radius 1 is 1.22 bits per heavy atom. The fourth-order valence-corrected chi connectivity index (χ4v) is 2.74. The Morgan fingerprint density at radius 3 is 2.48 bits per heavy atom. The van der Waals surface area contributed by atoms with Crippen molar-refractivity contribution in [2.45, 2.75) is 13.8 Å². The summed E-state index contributed by atoms with van der Waals surface area (Å²) >= 11 is 0. The van der Waals surface area contributed by atoms with Gasteiger partial charge >= 0.3 is 0 Å². The van der Waals surface area contributed by atoms with E-state index in [9.17, 15) is 4.79 Å². The van der Waals surface area contributed by atoms with Crippen LogP contribution in [-0.4, -0.2) is 48.7 Å². The van der Waals surface area contributed by atoms with Gasteiger partial charge < -0.3 is 19.6 Å². The van der Waals surface area contributed by atoms with Gasteiger partial charge in [-0.1, -0.05) is 12.1 Å². The number of amides is 1. The van der Waals surface area contributed by atoms with Gasteiger partial charge in [0, 0.05) is 43.6 Å². The molecule has 0 unspecified atom stereocenters. The molecule has 2 aromatic rings. The number of nitrogens with zero attached hydrogens (tertiary/aromatic N) is 3. The molecule has 6 heteroatoms. The Hall–Kier alpha value is -2.34. The molecule has 2 heterocycles. The first-order valence-corrected chi connectivity index (χ1v) is 7.97. The molecule has 1 N–H and O–H groups in total. The first-order chi connectivity index (χ1) is 11.2. The molecule has 6 nitrogen and oxygen atoms in total. The van der Waals surface area contributed by atoms with Crippen LogP contribution in [0.2, 0.25) is 0 Å². The van der Waals surface area contributed by atoms with Gasteiger partial charge in [-0.05, 0) is 37.7 Å². The molecule has 1 saturated heterocycles. The number of aryl methyl sites for hydroxylation is 1. The van der Waals surface area contributed by atoms with Crippen LogP contribution in [0.25, 0.3) is 0 Å². The second-order valence-electron chi connectivity index (χ2n) is 5.75. The van der Waals surface area contributed by atoms with Crippen LogP contribution in [0.5, 0.6) is 0 Å². The van der Waals surface area contributed by atoms with E-state index in [0.29, 0.717) is 5.69 Å². The third-order valence-corrected chi connectivity index (χ3v) is 4.16. The minimum atomic E-state index is -0.282. The molecule has 0 bridgehead atoms. The smallest absolute Gasteiger partial charge is 0.294 e. The molecule has 0 atom stereocenters. The van der Waals surface area contributed by atoms with E-state index in [1.165, 1.54) is 5.69 Å². The highest BCUT2D eigenvalue weighted by atomic mass is 16.5. The van der Waals surface area contributed by atoms with E-state index < -0.39 is 0 Å². The summed E-state index contributed by atoms with van der Waals surface area (Å²) in [6, 6.07) is 9.55. The molecule has 0 spiro atoms. The van der Waals surface area contributed by atoms with E-state index >= 15 is 0 Å². The Labute approximate surface area is 136 Å². The molecule has 1 aromatic heterocycles. The quantitative estimate of drug-likeness (QED) is 0.939. The summed E-state index contributed by atoms with van der Waals surface area (Å²) in [5, 5.41) is 6.54. The Balaban J connectivity index is 1.60. The lowest BCUT2D eigenvalue weighted by molar-refractivity contribution is 0.0988. The molecule has 3 rings (SSSR count). The third-order valence-electron chi connectivity index (χ3n) is 4.16. The number of carbonyl (C=O) groups is 1. The summed E-state index contributed by atoms with van der Waals surface area (Å²) in [6.07, 6.45) is 0. The van der Waals surface area contributed by atoms with Crippen molar-refractivity contribution in [3.63, 3.8) is 0 Å². The van der Waals surface area contributed by atoms with Crippen molar-refractivity contribution in [1.29, 1.82) is 0 Å². The van der Waals surface area contributed by atoms with Gasteiger partial charge in [-0.3, -0.25) is 4.79 Å². The molecular weight excluding hydrogens is 292 g/mol. The molecule has 1 amide bonds. The lowest BCUT2D eigenvalue weighted by Gasteiger charge is -2.35. The lowest BCUT2D eigenvalue weighted by Crippen LogP contribution is -2.46. The Bertz CT molecular complexity index is 657. The fourth-order valence-electron chi connectivity index (χ4n) is 2.74. The van der Waals surface area contributed by atoms with E-state index in [4.69, 9.17) is 4.52 Å². The van der Waals surface area contributed by atoms with Crippen LogP contribution >= 0.6 is 0 Å². The van der Waals surface area contributed by atoms with Gasteiger partial charge in [0.25, 0.3) is 5.91 Å². The van der Waals surface area contributed by atoms with Gasteiger partial charge in [0.2, 0.25) is 5.76 Å². The normalized spacial score (nSPS) is 15.7. The molecular formula is C17H22N4O2. The van der Waals surface area contributed by atoms with Gasteiger partial charge in [-0.25, -0.2) is 0 Å². The lowest BCUT2D eigenvalue weighted by atomic mass is 10.2. The number of piperazine rings is 1. The summed E-state index contributed by atoms with van der Waals surface area (Å²) in [4.78, 5) is 16.8. The second kappa shape index (κ2) is 6.83. The average Bonchev–Trinajstić information content (AvgIpc) is 3.02. The van der Waals surface area contributed by atoms with Crippen LogP contribution in [0.3, 0.4) is 0 Å². The van der Waals surface area contributed by atoms with Crippen molar-refractivity contribution < 1.29 is 9.32 Å². The molecule has 0 saturated carbocycles. The highest BCUT2D eigenvalue weighted by Gasteiger charge is 2.16. The van der Waals surface area contributed by atoms with Crippen molar-refractivity contribution in [2.24, 2.45) is 0 Å². The predicted octanol–water partition coefficient (Wildman–Crippen LogP) is 2.38. The number of benzene rings is 1. The summed E-state index contributed by atoms with van der Waals surface area (Å²) in [5.74, 6) is -0.0582. The molecule has 122 valence electrons. The van der Waals surface area contributed by atoms with Crippen LogP contribution < -0.4 is 10.2 Å². The van der Waals surface area contributed by atoms with Crippen molar-refractivity contribution in [3.8, 4) is 0 Å². The number of anilines is 2. The minimum Gasteiger partial charge on any atom is -0.369 e. The van der Waals surface area contributed by atoms with Gasteiger partial charge in [-0.15, -0.1) is 0 Å². The largest absolute Gasteiger partial charge is 0.369 e. The molecule has 23 heavy (non-hydrogen) atoms. The highest BCUT2D eigenvalue weighted by molar-refractivity contribution is 6.02. The van der Waals surface area contributed by atoms with Crippen molar-refractivity contribution in [3.05, 3.63) is 41.8 Å². The van der Waals surface area contributed by atoms with E-state index in [0.717, 1.165) is 38.4 Å². The SMILES string of the molecule is CCN1CCN(c2ccc(NC(=O)c3cc(C)no3)cc2)CC1. The molecule has 0 radical (unpaired) electrons. The van der Waals surface area contributed by atoms with Crippen LogP contribution in [-0.2, 0) is 0 Å². The van der Waals surface area contributed by atoms with Crippen molar-refractivity contribution in [2.75, 3.05) is 42.9 Å². The fraction of sp³-hybridized carbons (Fsp3) is 0.412. The van der Waals surface area contributed by atoms with Crippen molar-refractivity contribution in [1.82, 2.24) is 10.1 Å². The maximum atomic E-state index is 12.0. The molecule has 1 aliphatic rings. The maximum absolute atomic E-state index is 12.0. The Morgan fingerprint density at radius 2 is 1.91 bits per heavy atom. The van der Waals surface area contributed by atoms with Crippen LogP contribution in [0, 0.1) is 6.92 Å². The number of aromatic nitrogens is 1. The zero-order valence-electron chi connectivity index (χ0n) is 13.6. The van der Waals surface area contributed by atoms with Gasteiger partial charge in [0.15, 0.2) is 0 Å². The van der Waals surface area contributed by atoms with Crippen LogP contribution in [0.4, 0.5) is 11.4 Å². The van der Waals surface area contributed by atoms with E-state index in [1.54, 1.807) is 13.0 Å². The summed E-state index contributed by atoms with van der Waals surface area (Å²) in [7, 11) is 0. The summed E-state index contributed by atoms with van der Waals surface area (Å²) < 4.78 is 4.96. The maximum Gasteiger partial charge on any atom is 0.294 e. The number of hydrogen-bond acceptors (Lipinski definition) is 5. The first kappa shape index (κ1) is 15.6. The predicted molar refractivity (Wildman–Crippen MR) is 90.0 cm³/mol.